The van der Waals surface area contributed by atoms with E-state index in [1.54, 1.807) is 18.3 Å². The highest BCUT2D eigenvalue weighted by molar-refractivity contribution is 6.33. The third-order valence-corrected chi connectivity index (χ3v) is 6.86. The van der Waals surface area contributed by atoms with Crippen LogP contribution in [0.4, 0.5) is 0 Å². The van der Waals surface area contributed by atoms with E-state index in [2.05, 4.69) is 27.2 Å². The fourth-order valence-corrected chi connectivity index (χ4v) is 4.56. The van der Waals surface area contributed by atoms with Gasteiger partial charge in [0.25, 0.3) is 5.91 Å². The first-order valence-electron chi connectivity index (χ1n) is 11.9. The van der Waals surface area contributed by atoms with Crippen molar-refractivity contribution in [1.29, 1.82) is 0 Å². The number of nitrogens with zero attached hydrogens (tertiary/aromatic N) is 5. The SMILES string of the molecule is Cc1ccnc(Cn2c(-c3ccc(O[C@H]4CCNC4=O)cc3Cl)nc3c(OC4(C)CC4)ncnc32)c1. The van der Waals surface area contributed by atoms with Gasteiger partial charge < -0.3 is 19.4 Å². The van der Waals surface area contributed by atoms with Gasteiger partial charge in [0, 0.05) is 24.7 Å². The second-order valence-corrected chi connectivity index (χ2v) is 9.98. The number of ether oxygens (including phenoxy) is 2. The van der Waals surface area contributed by atoms with E-state index in [1.165, 1.54) is 6.33 Å². The van der Waals surface area contributed by atoms with Gasteiger partial charge in [0.2, 0.25) is 5.88 Å². The quantitative estimate of drug-likeness (QED) is 0.404. The molecule has 1 amide bonds. The molecule has 3 aromatic heterocycles. The molecule has 2 fully saturated rings. The lowest BCUT2D eigenvalue weighted by Crippen LogP contribution is -2.27. The number of aryl methyl sites for hydroxylation is 1. The molecule has 1 aliphatic carbocycles. The number of hydrogen-bond acceptors (Lipinski definition) is 7. The minimum atomic E-state index is -0.511. The van der Waals surface area contributed by atoms with Crippen molar-refractivity contribution < 1.29 is 14.3 Å². The van der Waals surface area contributed by atoms with Crippen molar-refractivity contribution in [3.05, 3.63) is 59.1 Å². The van der Waals surface area contributed by atoms with Gasteiger partial charge in [-0.15, -0.1) is 0 Å². The highest BCUT2D eigenvalue weighted by atomic mass is 35.5. The van der Waals surface area contributed by atoms with Gasteiger partial charge in [0.05, 0.1) is 17.3 Å². The van der Waals surface area contributed by atoms with Crippen molar-refractivity contribution in [3.63, 3.8) is 0 Å². The molecule has 10 heteroatoms. The third kappa shape index (κ3) is 4.35. The molecule has 1 saturated heterocycles. The molecule has 0 unspecified atom stereocenters. The van der Waals surface area contributed by atoms with Gasteiger partial charge in [-0.05, 0) is 62.6 Å². The first-order chi connectivity index (χ1) is 17.4. The molecule has 0 spiro atoms. The highest BCUT2D eigenvalue weighted by Gasteiger charge is 2.41. The van der Waals surface area contributed by atoms with E-state index in [1.807, 2.05) is 29.7 Å². The van der Waals surface area contributed by atoms with Gasteiger partial charge >= 0.3 is 0 Å². The average Bonchev–Trinajstić information content (AvgIpc) is 3.26. The number of benzene rings is 1. The van der Waals surface area contributed by atoms with Crippen LogP contribution in [0.2, 0.25) is 5.02 Å². The van der Waals surface area contributed by atoms with Gasteiger partial charge in [-0.1, -0.05) is 11.6 Å². The van der Waals surface area contributed by atoms with Gasteiger partial charge in [-0.2, -0.15) is 4.98 Å². The molecular formula is C26H25ClN6O3. The Morgan fingerprint density at radius 3 is 2.78 bits per heavy atom. The fraction of sp³-hybridized carbons (Fsp3) is 0.346. The Morgan fingerprint density at radius 2 is 2.06 bits per heavy atom. The summed E-state index contributed by atoms with van der Waals surface area (Å²) < 4.78 is 14.0. The van der Waals surface area contributed by atoms with Gasteiger partial charge in [0.15, 0.2) is 17.3 Å². The van der Waals surface area contributed by atoms with Gasteiger partial charge in [0.1, 0.15) is 23.5 Å². The molecule has 4 heterocycles. The second-order valence-electron chi connectivity index (χ2n) is 9.58. The van der Waals surface area contributed by atoms with E-state index in [9.17, 15) is 4.79 Å². The molecule has 6 rings (SSSR count). The Morgan fingerprint density at radius 1 is 1.19 bits per heavy atom. The largest absolute Gasteiger partial charge is 0.480 e. The zero-order chi connectivity index (χ0) is 24.9. The first kappa shape index (κ1) is 22.7. The van der Waals surface area contributed by atoms with E-state index < -0.39 is 6.10 Å². The summed E-state index contributed by atoms with van der Waals surface area (Å²) in [5.74, 6) is 1.49. The molecule has 1 atom stereocenters. The number of imidazole rings is 1. The molecule has 0 bridgehead atoms. The van der Waals surface area contributed by atoms with Crippen LogP contribution in [0.3, 0.4) is 0 Å². The maximum absolute atomic E-state index is 11.9. The van der Waals surface area contributed by atoms with Crippen molar-refractivity contribution in [3.8, 4) is 23.0 Å². The predicted molar refractivity (Wildman–Crippen MR) is 134 cm³/mol. The van der Waals surface area contributed by atoms with Crippen LogP contribution >= 0.6 is 11.6 Å². The van der Waals surface area contributed by atoms with Crippen molar-refractivity contribution in [2.45, 2.75) is 51.4 Å². The number of halogens is 1. The van der Waals surface area contributed by atoms with E-state index in [0.717, 1.165) is 24.1 Å². The Hall–Kier alpha value is -3.72. The number of hydrogen-bond donors (Lipinski definition) is 1. The standard InChI is InChI=1S/C26H25ClN6O3/c1-15-5-9-28-16(11-15)13-33-22(32-21-23(33)30-14-31-25(21)36-26(2)7-8-26)18-4-3-17(12-19(18)27)35-20-6-10-29-24(20)34/h3-5,9,11-12,14,20H,6-8,10,13H2,1-2H3,(H,29,34)/t20-/m0/s1. The molecule has 1 aromatic carbocycles. The minimum absolute atomic E-state index is 0.113. The van der Waals surface area contributed by atoms with E-state index in [-0.39, 0.29) is 11.5 Å². The summed E-state index contributed by atoms with van der Waals surface area (Å²) in [7, 11) is 0. The second kappa shape index (κ2) is 8.74. The number of aromatic nitrogens is 5. The number of fused-ring (bicyclic) bond motifs is 1. The lowest BCUT2D eigenvalue weighted by Gasteiger charge is -2.14. The zero-order valence-corrected chi connectivity index (χ0v) is 20.7. The van der Waals surface area contributed by atoms with E-state index in [4.69, 9.17) is 26.1 Å². The van der Waals surface area contributed by atoms with Crippen LogP contribution in [-0.2, 0) is 11.3 Å². The van der Waals surface area contributed by atoms with Crippen LogP contribution < -0.4 is 14.8 Å². The summed E-state index contributed by atoms with van der Waals surface area (Å²) in [5.41, 5.74) is 3.69. The Labute approximate surface area is 212 Å². The predicted octanol–water partition coefficient (Wildman–Crippen LogP) is 4.10. The lowest BCUT2D eigenvalue weighted by atomic mass is 10.2. The Kier molecular flexibility index (Phi) is 5.52. The third-order valence-electron chi connectivity index (χ3n) is 6.55. The van der Waals surface area contributed by atoms with Gasteiger partial charge in [-0.25, -0.2) is 9.97 Å². The van der Waals surface area contributed by atoms with Crippen LogP contribution in [0, 0.1) is 6.92 Å². The molecule has 1 saturated carbocycles. The fourth-order valence-electron chi connectivity index (χ4n) is 4.30. The molecule has 2 aliphatic rings. The summed E-state index contributed by atoms with van der Waals surface area (Å²) in [6.45, 7) is 5.15. The Balaban J connectivity index is 1.43. The molecule has 36 heavy (non-hydrogen) atoms. The monoisotopic (exact) mass is 504 g/mol. The van der Waals surface area contributed by atoms with Crippen LogP contribution in [0.15, 0.2) is 42.9 Å². The van der Waals surface area contributed by atoms with E-state index in [0.29, 0.717) is 58.7 Å². The van der Waals surface area contributed by atoms with Crippen molar-refractivity contribution >= 4 is 28.7 Å². The van der Waals surface area contributed by atoms with Crippen LogP contribution in [0.5, 0.6) is 11.6 Å². The summed E-state index contributed by atoms with van der Waals surface area (Å²) >= 11 is 6.75. The summed E-state index contributed by atoms with van der Waals surface area (Å²) in [4.78, 5) is 30.3. The molecule has 1 N–H and O–H groups in total. The van der Waals surface area contributed by atoms with E-state index >= 15 is 0 Å². The number of nitrogens with one attached hydrogen (secondary N) is 1. The molecule has 1 aliphatic heterocycles. The van der Waals surface area contributed by atoms with Crippen molar-refractivity contribution in [2.24, 2.45) is 0 Å². The normalized spacial score (nSPS) is 18.3. The van der Waals surface area contributed by atoms with Crippen LogP contribution in [0.25, 0.3) is 22.6 Å². The number of rotatable bonds is 7. The average molecular weight is 505 g/mol. The van der Waals surface area contributed by atoms with Crippen LogP contribution in [0.1, 0.15) is 37.4 Å². The van der Waals surface area contributed by atoms with Crippen molar-refractivity contribution in [2.75, 3.05) is 6.54 Å². The highest BCUT2D eigenvalue weighted by Crippen LogP contribution is 2.41. The lowest BCUT2D eigenvalue weighted by molar-refractivity contribution is -0.124. The maximum atomic E-state index is 11.9. The molecule has 184 valence electrons. The zero-order valence-electron chi connectivity index (χ0n) is 20.0. The molecule has 4 aromatic rings. The number of pyridine rings is 1. The van der Waals surface area contributed by atoms with Gasteiger partial charge in [-0.3, -0.25) is 9.78 Å². The number of carbonyl (C=O) groups excluding carboxylic acids is 1. The topological polar surface area (TPSA) is 104 Å². The smallest absolute Gasteiger partial charge is 0.261 e. The molecule has 0 radical (unpaired) electrons. The van der Waals surface area contributed by atoms with Crippen LogP contribution in [-0.4, -0.2) is 48.7 Å². The molecule has 9 nitrogen and oxygen atoms in total. The summed E-state index contributed by atoms with van der Waals surface area (Å²) in [5, 5.41) is 3.22. The Bertz CT molecular complexity index is 1480. The van der Waals surface area contributed by atoms with Crippen molar-refractivity contribution in [1.82, 2.24) is 29.8 Å². The summed E-state index contributed by atoms with van der Waals surface area (Å²) in [6.07, 6.45) is 5.36. The summed E-state index contributed by atoms with van der Waals surface area (Å²) in [6, 6.07) is 9.36. The first-order valence-corrected chi connectivity index (χ1v) is 12.3. The number of amides is 1. The minimum Gasteiger partial charge on any atom is -0.480 e. The molecular weight excluding hydrogens is 480 g/mol. The maximum Gasteiger partial charge on any atom is 0.261 e. The number of carbonyl (C=O) groups is 1.